The van der Waals surface area contributed by atoms with E-state index < -0.39 is 11.5 Å². The van der Waals surface area contributed by atoms with Gasteiger partial charge in [-0.3, -0.25) is 0 Å². The molecular formula is C48H32N12Se3. The standard InChI is InChI=1S/C24H16N6Se2.C24H16N6Se/c31-32(23-19-11-3-7-15-29(19)21(27-23)17-9-1-5-13-25-17)24-20-12-4-8-16-30(20)22(28-24)18-10-2-6-14-26-18;1-5-13-25-17(9-1)21-27-23(19-11-3-7-15-29(19)21)31-24-20-12-4-8-16-30(20)22(28-24)18-10-2-6-14-26-18/h1-16H;1-16H. The van der Waals surface area contributed by atoms with Crippen LogP contribution >= 0.6 is 0 Å². The van der Waals surface area contributed by atoms with Crippen molar-refractivity contribution in [2.45, 2.75) is 0 Å². The molecule has 0 aliphatic carbocycles. The Hall–Kier alpha value is -7.08. The van der Waals surface area contributed by atoms with E-state index >= 15 is 0 Å². The molecule has 0 N–H and O–H groups in total. The fraction of sp³-hybridized carbons (Fsp3) is 0. The van der Waals surface area contributed by atoms with Crippen LogP contribution in [0.25, 0.3) is 68.1 Å². The summed E-state index contributed by atoms with van der Waals surface area (Å²) in [6.07, 6.45) is 15.4. The molecule has 0 bridgehead atoms. The van der Waals surface area contributed by atoms with Gasteiger partial charge in [-0.25, -0.2) is 0 Å². The first-order valence-corrected chi connectivity index (χ1v) is 27.6. The molecule has 0 atom stereocenters. The van der Waals surface area contributed by atoms with Crippen molar-refractivity contribution in [1.82, 2.24) is 57.5 Å². The van der Waals surface area contributed by atoms with Crippen LogP contribution in [-0.4, -0.2) is 97.6 Å². The van der Waals surface area contributed by atoms with Crippen molar-refractivity contribution in [2.24, 2.45) is 0 Å². The number of rotatable bonds is 8. The van der Waals surface area contributed by atoms with Crippen molar-refractivity contribution in [2.75, 3.05) is 0 Å². The quantitative estimate of drug-likeness (QED) is 0.192. The second-order valence-corrected chi connectivity index (χ2v) is 22.5. The zero-order chi connectivity index (χ0) is 42.1. The molecule has 0 aliphatic rings. The van der Waals surface area contributed by atoms with Crippen molar-refractivity contribution in [3.05, 3.63) is 195 Å². The molecule has 12 aromatic heterocycles. The van der Waals surface area contributed by atoms with Gasteiger partial charge in [0.25, 0.3) is 0 Å². The average Bonchev–Trinajstić information content (AvgIpc) is 4.14. The van der Waals surface area contributed by atoms with Gasteiger partial charge >= 0.3 is 379 Å². The third kappa shape index (κ3) is 7.32. The summed E-state index contributed by atoms with van der Waals surface area (Å²) in [5.74, 6) is 3.38. The van der Waals surface area contributed by atoms with Gasteiger partial charge in [0.2, 0.25) is 0 Å². The molecular weight excluding hydrogens is 981 g/mol. The topological polar surface area (TPSA) is 121 Å². The Bertz CT molecular complexity index is 3340. The summed E-state index contributed by atoms with van der Waals surface area (Å²) >= 11 is 1.66. The monoisotopic (exact) mass is 1020 g/mol. The van der Waals surface area contributed by atoms with Crippen LogP contribution in [0.5, 0.6) is 0 Å². The molecule has 12 heterocycles. The van der Waals surface area contributed by atoms with E-state index in [1.54, 1.807) is 24.8 Å². The predicted molar refractivity (Wildman–Crippen MR) is 249 cm³/mol. The van der Waals surface area contributed by atoms with Gasteiger partial charge in [-0.15, -0.1) is 0 Å². The Labute approximate surface area is 376 Å². The van der Waals surface area contributed by atoms with E-state index in [0.29, 0.717) is 0 Å². The molecule has 63 heavy (non-hydrogen) atoms. The number of imidazole rings is 4. The van der Waals surface area contributed by atoms with Crippen molar-refractivity contribution in [3.63, 3.8) is 0 Å². The second kappa shape index (κ2) is 17.0. The molecule has 0 saturated heterocycles. The molecule has 0 saturated carbocycles. The van der Waals surface area contributed by atoms with Crippen molar-refractivity contribution < 1.29 is 0 Å². The normalized spacial score (nSPS) is 11.4. The van der Waals surface area contributed by atoms with Crippen molar-refractivity contribution in [1.29, 1.82) is 0 Å². The fourth-order valence-electron chi connectivity index (χ4n) is 7.35. The van der Waals surface area contributed by atoms with E-state index in [9.17, 15) is 0 Å². The average molecular weight is 1010 g/mol. The molecule has 0 aliphatic heterocycles. The predicted octanol–water partition coefficient (Wildman–Crippen LogP) is 5.14. The van der Waals surface area contributed by atoms with Crippen LogP contribution in [0.15, 0.2) is 195 Å². The van der Waals surface area contributed by atoms with E-state index in [2.05, 4.69) is 75.5 Å². The van der Waals surface area contributed by atoms with E-state index in [0.717, 1.165) is 86.5 Å². The molecule has 12 aromatic rings. The number of hydrogen-bond acceptors (Lipinski definition) is 8. The molecule has 0 aromatic carbocycles. The molecule has 0 fully saturated rings. The van der Waals surface area contributed by atoms with Gasteiger partial charge < -0.3 is 0 Å². The molecule has 0 radical (unpaired) electrons. The summed E-state index contributed by atoms with van der Waals surface area (Å²) in [4.78, 5) is 38.3. The number of hydrogen-bond donors (Lipinski definition) is 0. The minimum absolute atomic E-state index is 0.0979. The van der Waals surface area contributed by atoms with Crippen molar-refractivity contribution >= 4 is 80.6 Å². The van der Waals surface area contributed by atoms with Gasteiger partial charge in [-0.05, 0) is 0 Å². The molecule has 12 nitrogen and oxygen atoms in total. The summed E-state index contributed by atoms with van der Waals surface area (Å²) < 4.78 is 12.6. The van der Waals surface area contributed by atoms with Crippen LogP contribution < -0.4 is 18.4 Å². The Kier molecular flexibility index (Phi) is 10.5. The zero-order valence-corrected chi connectivity index (χ0v) is 38.2. The van der Waals surface area contributed by atoms with Crippen LogP contribution in [0.3, 0.4) is 0 Å². The Morgan fingerprint density at radius 3 is 0.984 bits per heavy atom. The third-order valence-electron chi connectivity index (χ3n) is 10.2. The molecule has 0 spiro atoms. The van der Waals surface area contributed by atoms with Gasteiger partial charge in [-0.2, -0.15) is 0 Å². The summed E-state index contributed by atoms with van der Waals surface area (Å²) in [6, 6.07) is 48.3. The number of pyridine rings is 8. The molecule has 302 valence electrons. The summed E-state index contributed by atoms with van der Waals surface area (Å²) in [7, 11) is 0. The van der Waals surface area contributed by atoms with E-state index in [4.69, 9.17) is 19.9 Å². The first-order chi connectivity index (χ1) is 31.2. The number of fused-ring (bicyclic) bond motifs is 4. The van der Waals surface area contributed by atoms with Gasteiger partial charge in [0, 0.05) is 0 Å². The number of nitrogens with zero attached hydrogens (tertiary/aromatic N) is 12. The van der Waals surface area contributed by atoms with Crippen LogP contribution in [-0.2, 0) is 0 Å². The Morgan fingerprint density at radius 2 is 0.651 bits per heavy atom. The fourth-order valence-corrected chi connectivity index (χ4v) is 14.7. The molecule has 0 amide bonds. The van der Waals surface area contributed by atoms with Gasteiger partial charge in [0.05, 0.1) is 0 Å². The molecule has 0 unspecified atom stereocenters. The zero-order valence-electron chi connectivity index (χ0n) is 33.1. The van der Waals surface area contributed by atoms with E-state index in [1.807, 2.05) is 146 Å². The van der Waals surface area contributed by atoms with Crippen LogP contribution in [0.2, 0.25) is 0 Å². The molecule has 15 heteroatoms. The maximum absolute atomic E-state index is 5.08. The van der Waals surface area contributed by atoms with Crippen LogP contribution in [0.4, 0.5) is 0 Å². The molecule has 12 rings (SSSR count). The summed E-state index contributed by atoms with van der Waals surface area (Å²) in [5, 5.41) is 0. The van der Waals surface area contributed by atoms with Gasteiger partial charge in [0.1, 0.15) is 0 Å². The first-order valence-electron chi connectivity index (χ1n) is 19.8. The van der Waals surface area contributed by atoms with E-state index in [-0.39, 0.29) is 15.0 Å². The minimum atomic E-state index is -1.70. The van der Waals surface area contributed by atoms with Gasteiger partial charge in [-0.1, -0.05) is 0 Å². The number of aromatic nitrogens is 12. The van der Waals surface area contributed by atoms with Gasteiger partial charge in [0.15, 0.2) is 0 Å². The van der Waals surface area contributed by atoms with Crippen LogP contribution in [0.1, 0.15) is 0 Å². The van der Waals surface area contributed by atoms with E-state index in [1.165, 1.54) is 0 Å². The summed E-state index contributed by atoms with van der Waals surface area (Å²) in [6.45, 7) is 0. The first kappa shape index (κ1) is 38.8. The van der Waals surface area contributed by atoms with Crippen LogP contribution in [0, 0.1) is 0 Å². The Morgan fingerprint density at radius 1 is 0.349 bits per heavy atom. The summed E-state index contributed by atoms with van der Waals surface area (Å²) in [5.41, 5.74) is 7.73. The SMILES string of the molecule is [Se]=[Se](c1nc(-c2ccccn2)n2ccccc12)c1nc(-c2ccccn2)n2ccccc12.c1ccc(-c2nc([Se]c3nc(-c4ccccn4)n4ccccc34)c3ccccn23)nc1. The Balaban J connectivity index is 0.000000141. The maximum atomic E-state index is 5.08. The van der Waals surface area contributed by atoms with Crippen molar-refractivity contribution in [3.8, 4) is 46.1 Å². The third-order valence-corrected chi connectivity index (χ3v) is 18.4. The second-order valence-electron chi connectivity index (χ2n) is 14.0.